The Labute approximate surface area is 112 Å². The zero-order valence-corrected chi connectivity index (χ0v) is 12.9. The molecular weight excluding hydrogens is 254 g/mol. The Morgan fingerprint density at radius 1 is 1.06 bits per heavy atom. The molecule has 7 heteroatoms. The highest BCUT2D eigenvalue weighted by atomic mass is 32.2. The van der Waals surface area contributed by atoms with E-state index in [4.69, 9.17) is 0 Å². The molecule has 0 radical (unpaired) electrons. The monoisotopic (exact) mass is 283 g/mol. The average molecular weight is 283 g/mol. The molecule has 0 spiro atoms. The summed E-state index contributed by atoms with van der Waals surface area (Å²) in [5.74, 6) is 0. The van der Waals surface area contributed by atoms with Crippen LogP contribution in [0.25, 0.3) is 0 Å². The van der Waals surface area contributed by atoms with Crippen molar-refractivity contribution in [1.82, 2.24) is 10.4 Å². The average Bonchev–Trinajstić information content (AvgIpc) is 2.30. The van der Waals surface area contributed by atoms with Crippen molar-refractivity contribution in [1.29, 1.82) is 0 Å². The molecule has 6 nitrogen and oxygen atoms in total. The first kappa shape index (κ1) is 20.1. The van der Waals surface area contributed by atoms with Gasteiger partial charge in [0.1, 0.15) is 0 Å². The van der Waals surface area contributed by atoms with E-state index >= 15 is 0 Å². The van der Waals surface area contributed by atoms with Crippen LogP contribution in [0, 0.1) is 0 Å². The van der Waals surface area contributed by atoms with E-state index in [2.05, 4.69) is 47.5 Å². The highest BCUT2D eigenvalue weighted by Crippen LogP contribution is 1.91. The van der Waals surface area contributed by atoms with Gasteiger partial charge in [-0.1, -0.05) is 40.5 Å². The zero-order valence-electron chi connectivity index (χ0n) is 12.1. The summed E-state index contributed by atoms with van der Waals surface area (Å²) >= 11 is 0. The van der Waals surface area contributed by atoms with Gasteiger partial charge in [0.15, 0.2) is 0 Å². The second kappa shape index (κ2) is 13.2. The maximum atomic E-state index is 10.2. The van der Waals surface area contributed by atoms with Crippen LogP contribution in [0.3, 0.4) is 0 Å². The molecule has 18 heavy (non-hydrogen) atoms. The number of hydrogen-bond acceptors (Lipinski definition) is 5. The lowest BCUT2D eigenvalue weighted by Gasteiger charge is -2.13. The van der Waals surface area contributed by atoms with E-state index < -0.39 is 10.3 Å². The molecule has 0 rings (SSSR count). The van der Waals surface area contributed by atoms with Crippen molar-refractivity contribution >= 4 is 10.3 Å². The second-order valence-electron chi connectivity index (χ2n) is 3.80. The number of nitrogens with two attached hydrogens (primary N) is 1. The molecule has 3 N–H and O–H groups in total. The minimum Gasteiger partial charge on any atom is -0.304 e. The molecule has 0 aliphatic heterocycles. The first-order valence-corrected chi connectivity index (χ1v) is 8.04. The standard InChI is InChI=1S/C6H15N.C5H14N2O3S/c1-4-7(5-2)6-3;1-2-3-4-5-7-10-11(6,8)9/h4-6H2,1-3H3;7H,2-5H2,1H3,(H2,6,8,9). The van der Waals surface area contributed by atoms with Crippen molar-refractivity contribution < 1.29 is 12.7 Å². The summed E-state index contributed by atoms with van der Waals surface area (Å²) in [5, 5.41) is 4.54. The van der Waals surface area contributed by atoms with Gasteiger partial charge in [-0.3, -0.25) is 0 Å². The predicted octanol–water partition coefficient (Wildman–Crippen LogP) is 1.25. The normalized spacial score (nSPS) is 11.2. The molecule has 0 atom stereocenters. The Balaban J connectivity index is 0. The van der Waals surface area contributed by atoms with Crippen LogP contribution < -0.4 is 10.6 Å². The van der Waals surface area contributed by atoms with Crippen LogP contribution >= 0.6 is 0 Å². The molecule has 0 amide bonds. The summed E-state index contributed by atoms with van der Waals surface area (Å²) in [6.07, 6.45) is 3.00. The lowest BCUT2D eigenvalue weighted by atomic mass is 10.3. The summed E-state index contributed by atoms with van der Waals surface area (Å²) in [7, 11) is -3.82. The SMILES string of the molecule is CCCCCNOS(N)(=O)=O.CCN(CC)CC. The fraction of sp³-hybridized carbons (Fsp3) is 1.00. The molecule has 0 aromatic heterocycles. The van der Waals surface area contributed by atoms with E-state index in [0.717, 1.165) is 19.3 Å². The van der Waals surface area contributed by atoms with Crippen molar-refractivity contribution in [3.05, 3.63) is 0 Å². The Kier molecular flexibility index (Phi) is 14.8. The van der Waals surface area contributed by atoms with Gasteiger partial charge in [0, 0.05) is 6.54 Å². The molecule has 0 aliphatic rings. The molecule has 0 unspecified atom stereocenters. The van der Waals surface area contributed by atoms with Crippen LogP contribution in [-0.2, 0) is 14.6 Å². The van der Waals surface area contributed by atoms with Crippen LogP contribution in [-0.4, -0.2) is 39.5 Å². The van der Waals surface area contributed by atoms with Crippen molar-refractivity contribution in [2.24, 2.45) is 5.14 Å². The summed E-state index contributed by atoms with van der Waals surface area (Å²) in [6.45, 7) is 12.7. The maximum Gasteiger partial charge on any atom is 0.349 e. The molecule has 0 aromatic carbocycles. The quantitative estimate of drug-likeness (QED) is 0.491. The van der Waals surface area contributed by atoms with Gasteiger partial charge in [-0.05, 0) is 26.1 Å². The van der Waals surface area contributed by atoms with Gasteiger partial charge in [0.05, 0.1) is 0 Å². The largest absolute Gasteiger partial charge is 0.349 e. The lowest BCUT2D eigenvalue weighted by molar-refractivity contribution is 0.202. The van der Waals surface area contributed by atoms with Crippen molar-refractivity contribution in [3.63, 3.8) is 0 Å². The van der Waals surface area contributed by atoms with Crippen LogP contribution in [0.2, 0.25) is 0 Å². The van der Waals surface area contributed by atoms with Gasteiger partial charge in [-0.25, -0.2) is 5.14 Å². The third-order valence-electron chi connectivity index (χ3n) is 2.40. The summed E-state index contributed by atoms with van der Waals surface area (Å²) in [6, 6.07) is 0. The number of rotatable bonds is 9. The Hall–Kier alpha value is -0.210. The smallest absolute Gasteiger partial charge is 0.304 e. The highest BCUT2D eigenvalue weighted by Gasteiger charge is 1.99. The van der Waals surface area contributed by atoms with Gasteiger partial charge in [-0.15, -0.1) is 0 Å². The summed E-state index contributed by atoms with van der Waals surface area (Å²) in [4.78, 5) is 2.38. The van der Waals surface area contributed by atoms with Gasteiger partial charge in [-0.2, -0.15) is 18.2 Å². The Bertz CT molecular complexity index is 249. The topological polar surface area (TPSA) is 84.7 Å². The molecule has 0 fully saturated rings. The molecule has 0 aliphatic carbocycles. The molecule has 112 valence electrons. The highest BCUT2D eigenvalue weighted by molar-refractivity contribution is 7.84. The second-order valence-corrected chi connectivity index (χ2v) is 4.95. The molecule has 0 saturated carbocycles. The maximum absolute atomic E-state index is 10.2. The summed E-state index contributed by atoms with van der Waals surface area (Å²) < 4.78 is 24.4. The first-order valence-electron chi connectivity index (χ1n) is 6.57. The van der Waals surface area contributed by atoms with Gasteiger partial charge < -0.3 is 4.90 Å². The van der Waals surface area contributed by atoms with E-state index in [-0.39, 0.29) is 0 Å². The number of nitrogens with one attached hydrogen (secondary N) is 1. The van der Waals surface area contributed by atoms with E-state index in [0.29, 0.717) is 6.54 Å². The third-order valence-corrected chi connectivity index (χ3v) is 2.75. The van der Waals surface area contributed by atoms with Gasteiger partial charge >= 0.3 is 10.3 Å². The Morgan fingerprint density at radius 2 is 1.56 bits per heavy atom. The van der Waals surface area contributed by atoms with E-state index in [1.807, 2.05) is 0 Å². The van der Waals surface area contributed by atoms with Gasteiger partial charge in [0.2, 0.25) is 0 Å². The van der Waals surface area contributed by atoms with Crippen molar-refractivity contribution in [2.45, 2.75) is 47.0 Å². The minimum absolute atomic E-state index is 0.504. The van der Waals surface area contributed by atoms with Crippen molar-refractivity contribution in [3.8, 4) is 0 Å². The lowest BCUT2D eigenvalue weighted by Crippen LogP contribution is -2.26. The third kappa shape index (κ3) is 18.2. The minimum atomic E-state index is -3.82. The molecule has 0 heterocycles. The fourth-order valence-corrected chi connectivity index (χ4v) is 1.49. The number of unbranched alkanes of at least 4 members (excludes halogenated alkanes) is 2. The van der Waals surface area contributed by atoms with Crippen LogP contribution in [0.4, 0.5) is 0 Å². The van der Waals surface area contributed by atoms with Crippen LogP contribution in [0.15, 0.2) is 0 Å². The molecule has 0 aromatic rings. The predicted molar refractivity (Wildman–Crippen MR) is 75.2 cm³/mol. The summed E-state index contributed by atoms with van der Waals surface area (Å²) in [5.41, 5.74) is 2.25. The van der Waals surface area contributed by atoms with E-state index in [1.54, 1.807) is 0 Å². The molecule has 0 saturated heterocycles. The molecular formula is C11H29N3O3S. The first-order chi connectivity index (χ1) is 8.41. The van der Waals surface area contributed by atoms with Crippen molar-refractivity contribution in [2.75, 3.05) is 26.2 Å². The molecule has 0 bridgehead atoms. The number of hydrogen-bond donors (Lipinski definition) is 2. The zero-order chi connectivity index (χ0) is 14.4. The number of hydroxylamine groups is 1. The number of nitrogens with zero attached hydrogens (tertiary/aromatic N) is 1. The van der Waals surface area contributed by atoms with Gasteiger partial charge in [0.25, 0.3) is 0 Å². The van der Waals surface area contributed by atoms with Crippen LogP contribution in [0.1, 0.15) is 47.0 Å². The van der Waals surface area contributed by atoms with E-state index in [9.17, 15) is 8.42 Å². The van der Waals surface area contributed by atoms with Crippen LogP contribution in [0.5, 0.6) is 0 Å². The Morgan fingerprint density at radius 3 is 1.83 bits per heavy atom. The van der Waals surface area contributed by atoms with E-state index in [1.165, 1.54) is 19.6 Å². The fourth-order valence-electron chi connectivity index (χ4n) is 1.24.